The summed E-state index contributed by atoms with van der Waals surface area (Å²) in [6, 6.07) is 16.3. The maximum atomic E-state index is 13.3. The van der Waals surface area contributed by atoms with E-state index in [-0.39, 0.29) is 19.4 Å². The Kier molecular flexibility index (Phi) is 10.3. The molecule has 2 aromatic carbocycles. The third kappa shape index (κ3) is 10.3. The topological polar surface area (TPSA) is 123 Å². The molecule has 2 rings (SSSR count). The molecule has 9 heteroatoms. The number of ether oxygens (including phenoxy) is 2. The summed E-state index contributed by atoms with van der Waals surface area (Å²) < 4.78 is 9.89. The summed E-state index contributed by atoms with van der Waals surface area (Å²) in [5, 5.41) is 7.81. The van der Waals surface area contributed by atoms with Crippen molar-refractivity contribution in [1.29, 1.82) is 0 Å². The van der Waals surface area contributed by atoms with Gasteiger partial charge in [-0.3, -0.25) is 14.4 Å². The molecule has 0 aromatic heterocycles. The molecule has 0 heterocycles. The molecule has 9 nitrogen and oxygen atoms in total. The zero-order valence-corrected chi connectivity index (χ0v) is 20.5. The van der Waals surface area contributed by atoms with Gasteiger partial charge in [0.2, 0.25) is 11.8 Å². The monoisotopic (exact) mass is 483 g/mol. The standard InChI is InChI=1S/C26H33N3O6/c1-26(2,3)35-25(33)29-21(16-19-13-9-6-10-14-19)24(32)28-20(15-18-11-7-5-8-12-18)23(31)27-17-22(30)34-4/h5-14,20-21H,15-17H2,1-4H3,(H,27,31)(H,28,32)(H,29,33)/t20-,21-/m0/s1. The van der Waals surface area contributed by atoms with Crippen LogP contribution in [0.1, 0.15) is 31.9 Å². The average molecular weight is 484 g/mol. The number of benzene rings is 2. The number of nitrogens with one attached hydrogen (secondary N) is 3. The average Bonchev–Trinajstić information content (AvgIpc) is 2.81. The third-order valence-electron chi connectivity index (χ3n) is 4.84. The highest BCUT2D eigenvalue weighted by atomic mass is 16.6. The van der Waals surface area contributed by atoms with E-state index in [4.69, 9.17) is 4.74 Å². The van der Waals surface area contributed by atoms with E-state index in [1.165, 1.54) is 7.11 Å². The number of hydrogen-bond donors (Lipinski definition) is 3. The number of esters is 1. The van der Waals surface area contributed by atoms with Crippen LogP contribution in [-0.4, -0.2) is 55.2 Å². The Morgan fingerprint density at radius 2 is 1.26 bits per heavy atom. The van der Waals surface area contributed by atoms with Gasteiger partial charge in [0, 0.05) is 12.8 Å². The van der Waals surface area contributed by atoms with Crippen molar-refractivity contribution < 1.29 is 28.7 Å². The van der Waals surface area contributed by atoms with Crippen LogP contribution in [-0.2, 0) is 36.7 Å². The van der Waals surface area contributed by atoms with Crippen molar-refractivity contribution >= 4 is 23.9 Å². The molecule has 3 amide bonds. The molecule has 35 heavy (non-hydrogen) atoms. The van der Waals surface area contributed by atoms with Crippen LogP contribution in [0.25, 0.3) is 0 Å². The van der Waals surface area contributed by atoms with Gasteiger partial charge < -0.3 is 25.4 Å². The molecule has 0 bridgehead atoms. The minimum absolute atomic E-state index is 0.185. The number of alkyl carbamates (subject to hydrolysis) is 1. The Balaban J connectivity index is 2.21. The largest absolute Gasteiger partial charge is 0.468 e. The minimum atomic E-state index is -1.00. The molecule has 0 saturated heterocycles. The Morgan fingerprint density at radius 3 is 1.71 bits per heavy atom. The van der Waals surface area contributed by atoms with E-state index in [1.54, 1.807) is 20.8 Å². The van der Waals surface area contributed by atoms with Gasteiger partial charge in [0.25, 0.3) is 0 Å². The van der Waals surface area contributed by atoms with E-state index >= 15 is 0 Å². The molecule has 0 aliphatic carbocycles. The highest BCUT2D eigenvalue weighted by Crippen LogP contribution is 2.10. The summed E-state index contributed by atoms with van der Waals surface area (Å²) in [6.07, 6.45) is -0.374. The Morgan fingerprint density at radius 1 is 0.771 bits per heavy atom. The fourth-order valence-electron chi connectivity index (χ4n) is 3.19. The van der Waals surface area contributed by atoms with Crippen molar-refractivity contribution in [2.45, 2.75) is 51.3 Å². The molecular weight excluding hydrogens is 450 g/mol. The van der Waals surface area contributed by atoms with E-state index in [0.717, 1.165) is 11.1 Å². The zero-order chi connectivity index (χ0) is 25.8. The molecule has 3 N–H and O–H groups in total. The minimum Gasteiger partial charge on any atom is -0.468 e. The lowest BCUT2D eigenvalue weighted by atomic mass is 10.0. The maximum absolute atomic E-state index is 13.3. The van der Waals surface area contributed by atoms with Crippen molar-refractivity contribution in [2.24, 2.45) is 0 Å². The number of carbonyl (C=O) groups excluding carboxylic acids is 4. The molecule has 0 saturated carbocycles. The van der Waals surface area contributed by atoms with Crippen LogP contribution in [0.5, 0.6) is 0 Å². The highest BCUT2D eigenvalue weighted by Gasteiger charge is 2.29. The first kappa shape index (κ1) is 27.4. The molecule has 0 radical (unpaired) electrons. The lowest BCUT2D eigenvalue weighted by Gasteiger charge is -2.25. The van der Waals surface area contributed by atoms with Gasteiger partial charge in [0.05, 0.1) is 7.11 Å². The van der Waals surface area contributed by atoms with Gasteiger partial charge in [-0.2, -0.15) is 0 Å². The SMILES string of the molecule is COC(=O)CNC(=O)[C@H](Cc1ccccc1)NC(=O)[C@H](Cc1ccccc1)NC(=O)OC(C)(C)C. The first-order valence-electron chi connectivity index (χ1n) is 11.3. The van der Waals surface area contributed by atoms with Gasteiger partial charge in [-0.15, -0.1) is 0 Å². The fraction of sp³-hybridized carbons (Fsp3) is 0.385. The lowest BCUT2D eigenvalue weighted by Crippen LogP contribution is -2.55. The van der Waals surface area contributed by atoms with Crippen LogP contribution >= 0.6 is 0 Å². The molecule has 0 aliphatic heterocycles. The van der Waals surface area contributed by atoms with Gasteiger partial charge in [-0.1, -0.05) is 60.7 Å². The number of hydrogen-bond acceptors (Lipinski definition) is 6. The van der Waals surface area contributed by atoms with Crippen LogP contribution in [0.4, 0.5) is 4.79 Å². The van der Waals surface area contributed by atoms with Crippen molar-refractivity contribution in [3.05, 3.63) is 71.8 Å². The summed E-state index contributed by atoms with van der Waals surface area (Å²) in [5.41, 5.74) is 0.880. The normalized spacial score (nSPS) is 12.6. The first-order valence-corrected chi connectivity index (χ1v) is 11.3. The summed E-state index contributed by atoms with van der Waals surface area (Å²) in [5.74, 6) is -1.73. The summed E-state index contributed by atoms with van der Waals surface area (Å²) in [6.45, 7) is 4.83. The van der Waals surface area contributed by atoms with Crippen molar-refractivity contribution in [3.8, 4) is 0 Å². The van der Waals surface area contributed by atoms with Crippen LogP contribution in [0, 0.1) is 0 Å². The van der Waals surface area contributed by atoms with Gasteiger partial charge in [0.1, 0.15) is 24.2 Å². The maximum Gasteiger partial charge on any atom is 0.408 e. The molecule has 0 spiro atoms. The second-order valence-electron chi connectivity index (χ2n) is 8.93. The Hall–Kier alpha value is -3.88. The lowest BCUT2D eigenvalue weighted by molar-refractivity contribution is -0.141. The van der Waals surface area contributed by atoms with Crippen molar-refractivity contribution in [3.63, 3.8) is 0 Å². The van der Waals surface area contributed by atoms with E-state index in [1.807, 2.05) is 60.7 Å². The van der Waals surface area contributed by atoms with E-state index in [2.05, 4.69) is 20.7 Å². The predicted molar refractivity (Wildman–Crippen MR) is 130 cm³/mol. The van der Waals surface area contributed by atoms with Gasteiger partial charge in [-0.05, 0) is 31.9 Å². The molecule has 0 fully saturated rings. The van der Waals surface area contributed by atoms with E-state index in [0.29, 0.717) is 0 Å². The molecule has 0 aliphatic rings. The zero-order valence-electron chi connectivity index (χ0n) is 20.5. The molecule has 2 aromatic rings. The molecule has 2 atom stereocenters. The first-order chi connectivity index (χ1) is 16.6. The molecular formula is C26H33N3O6. The highest BCUT2D eigenvalue weighted by molar-refractivity contribution is 5.92. The number of methoxy groups -OCH3 is 1. The molecule has 188 valence electrons. The van der Waals surface area contributed by atoms with E-state index in [9.17, 15) is 19.2 Å². The summed E-state index contributed by atoms with van der Waals surface area (Å²) >= 11 is 0. The van der Waals surface area contributed by atoms with Crippen LogP contribution in [0.15, 0.2) is 60.7 Å². The van der Waals surface area contributed by atoms with Gasteiger partial charge in [-0.25, -0.2) is 4.79 Å². The van der Waals surface area contributed by atoms with Gasteiger partial charge in [0.15, 0.2) is 0 Å². The fourth-order valence-corrected chi connectivity index (χ4v) is 3.19. The Bertz CT molecular complexity index is 989. The second kappa shape index (κ2) is 13.1. The van der Waals surface area contributed by atoms with Crippen LogP contribution in [0.3, 0.4) is 0 Å². The van der Waals surface area contributed by atoms with Crippen molar-refractivity contribution in [1.82, 2.24) is 16.0 Å². The smallest absolute Gasteiger partial charge is 0.408 e. The number of carbonyl (C=O) groups is 4. The second-order valence-corrected chi connectivity index (χ2v) is 8.93. The summed E-state index contributed by atoms with van der Waals surface area (Å²) in [4.78, 5) is 50.1. The number of rotatable bonds is 10. The van der Waals surface area contributed by atoms with Gasteiger partial charge >= 0.3 is 12.1 Å². The summed E-state index contributed by atoms with van der Waals surface area (Å²) in [7, 11) is 1.22. The number of amides is 3. The van der Waals surface area contributed by atoms with Crippen LogP contribution < -0.4 is 16.0 Å². The van der Waals surface area contributed by atoms with Crippen LogP contribution in [0.2, 0.25) is 0 Å². The Labute approximate surface area is 205 Å². The van der Waals surface area contributed by atoms with E-state index < -0.39 is 41.6 Å². The molecule has 0 unspecified atom stereocenters. The quantitative estimate of drug-likeness (QED) is 0.445. The third-order valence-corrected chi connectivity index (χ3v) is 4.84. The van der Waals surface area contributed by atoms with Crippen molar-refractivity contribution in [2.75, 3.05) is 13.7 Å². The predicted octanol–water partition coefficient (Wildman–Crippen LogP) is 2.14.